The average Bonchev–Trinajstić information content (AvgIpc) is 2.47. The molecular weight excluding hydrogens is 278 g/mol. The minimum Gasteiger partial charge on any atom is -0.481 e. The predicted octanol–water partition coefficient (Wildman–Crippen LogP) is 2.42. The molecule has 1 fully saturated rings. The molecule has 15 heavy (non-hydrogen) atoms. The highest BCUT2D eigenvalue weighted by Crippen LogP contribution is 2.25. The molecule has 1 aliphatic heterocycles. The second-order valence-corrected chi connectivity index (χ2v) is 6.21. The number of rotatable bonds is 4. The van der Waals surface area contributed by atoms with Gasteiger partial charge in [-0.05, 0) is 38.9 Å². The minimum absolute atomic E-state index is 0.309. The SMILES string of the molecule is O=C(O)CC1CN(Cc2csc(Br)c2)C1. The fourth-order valence-electron chi connectivity index (χ4n) is 1.87. The molecule has 1 saturated heterocycles. The number of thiophene rings is 1. The van der Waals surface area contributed by atoms with E-state index in [0.717, 1.165) is 23.4 Å². The largest absolute Gasteiger partial charge is 0.481 e. The topological polar surface area (TPSA) is 40.5 Å². The molecule has 0 radical (unpaired) electrons. The zero-order valence-corrected chi connectivity index (χ0v) is 10.6. The summed E-state index contributed by atoms with van der Waals surface area (Å²) < 4.78 is 1.15. The van der Waals surface area contributed by atoms with Crippen molar-refractivity contribution in [1.82, 2.24) is 4.90 Å². The Morgan fingerprint density at radius 2 is 2.40 bits per heavy atom. The van der Waals surface area contributed by atoms with E-state index >= 15 is 0 Å². The number of carbonyl (C=O) groups is 1. The molecule has 5 heteroatoms. The first kappa shape index (κ1) is 11.1. The predicted molar refractivity (Wildman–Crippen MR) is 63.0 cm³/mol. The van der Waals surface area contributed by atoms with E-state index in [2.05, 4.69) is 32.3 Å². The van der Waals surface area contributed by atoms with Gasteiger partial charge in [-0.2, -0.15) is 0 Å². The maximum atomic E-state index is 10.4. The zero-order valence-electron chi connectivity index (χ0n) is 8.15. The lowest BCUT2D eigenvalue weighted by molar-refractivity contribution is -0.139. The van der Waals surface area contributed by atoms with Gasteiger partial charge >= 0.3 is 5.97 Å². The molecule has 0 amide bonds. The van der Waals surface area contributed by atoms with Crippen LogP contribution >= 0.6 is 27.3 Å². The second-order valence-electron chi connectivity index (χ2n) is 3.92. The molecule has 3 nitrogen and oxygen atoms in total. The van der Waals surface area contributed by atoms with Crippen LogP contribution in [-0.4, -0.2) is 29.1 Å². The van der Waals surface area contributed by atoms with Crippen molar-refractivity contribution in [3.63, 3.8) is 0 Å². The van der Waals surface area contributed by atoms with Gasteiger partial charge in [-0.3, -0.25) is 9.69 Å². The maximum Gasteiger partial charge on any atom is 0.303 e. The molecule has 1 aromatic rings. The van der Waals surface area contributed by atoms with Crippen LogP contribution in [-0.2, 0) is 11.3 Å². The van der Waals surface area contributed by atoms with Gasteiger partial charge in [0.1, 0.15) is 0 Å². The van der Waals surface area contributed by atoms with Crippen molar-refractivity contribution >= 4 is 33.2 Å². The molecule has 1 N–H and O–H groups in total. The van der Waals surface area contributed by atoms with Crippen LogP contribution in [0.25, 0.3) is 0 Å². The van der Waals surface area contributed by atoms with E-state index in [4.69, 9.17) is 5.11 Å². The van der Waals surface area contributed by atoms with Crippen molar-refractivity contribution in [2.24, 2.45) is 5.92 Å². The molecule has 0 unspecified atom stereocenters. The molecule has 0 spiro atoms. The zero-order chi connectivity index (χ0) is 10.8. The molecule has 0 bridgehead atoms. The van der Waals surface area contributed by atoms with E-state index < -0.39 is 5.97 Å². The van der Waals surface area contributed by atoms with E-state index in [1.807, 2.05) is 0 Å². The number of aliphatic carboxylic acids is 1. The third kappa shape index (κ3) is 3.03. The average molecular weight is 290 g/mol. The summed E-state index contributed by atoms with van der Waals surface area (Å²) in [6.07, 6.45) is 0.309. The summed E-state index contributed by atoms with van der Waals surface area (Å²) in [5.74, 6) is -0.331. The highest BCUT2D eigenvalue weighted by molar-refractivity contribution is 9.11. The maximum absolute atomic E-state index is 10.4. The van der Waals surface area contributed by atoms with Crippen molar-refractivity contribution in [2.45, 2.75) is 13.0 Å². The third-order valence-corrected chi connectivity index (χ3v) is 4.08. The molecule has 2 rings (SSSR count). The highest BCUT2D eigenvalue weighted by atomic mass is 79.9. The lowest BCUT2D eigenvalue weighted by Gasteiger charge is -2.38. The van der Waals surface area contributed by atoms with Crippen LogP contribution in [0.5, 0.6) is 0 Å². The molecule has 0 aromatic carbocycles. The Morgan fingerprint density at radius 3 is 2.93 bits per heavy atom. The minimum atomic E-state index is -0.682. The first-order chi connectivity index (χ1) is 7.13. The molecule has 2 heterocycles. The summed E-state index contributed by atoms with van der Waals surface area (Å²) in [7, 11) is 0. The van der Waals surface area contributed by atoms with E-state index in [-0.39, 0.29) is 0 Å². The summed E-state index contributed by atoms with van der Waals surface area (Å²) >= 11 is 5.12. The van der Waals surface area contributed by atoms with Gasteiger partial charge in [-0.25, -0.2) is 0 Å². The summed E-state index contributed by atoms with van der Waals surface area (Å²) in [5.41, 5.74) is 1.31. The van der Waals surface area contributed by atoms with Gasteiger partial charge in [0.15, 0.2) is 0 Å². The van der Waals surface area contributed by atoms with Crippen LogP contribution in [0.4, 0.5) is 0 Å². The van der Waals surface area contributed by atoms with Crippen molar-refractivity contribution in [2.75, 3.05) is 13.1 Å². The third-order valence-electron chi connectivity index (χ3n) is 2.52. The molecular formula is C10H12BrNO2S. The Labute approximate surface area is 101 Å². The first-order valence-corrected chi connectivity index (χ1v) is 6.48. The van der Waals surface area contributed by atoms with Crippen molar-refractivity contribution in [3.8, 4) is 0 Å². The van der Waals surface area contributed by atoms with Gasteiger partial charge in [0, 0.05) is 19.6 Å². The molecule has 0 saturated carbocycles. The van der Waals surface area contributed by atoms with Crippen LogP contribution in [0.15, 0.2) is 15.2 Å². The van der Waals surface area contributed by atoms with Gasteiger partial charge in [0.2, 0.25) is 0 Å². The van der Waals surface area contributed by atoms with Crippen molar-refractivity contribution < 1.29 is 9.90 Å². The van der Waals surface area contributed by atoms with E-state index in [0.29, 0.717) is 12.3 Å². The number of halogens is 1. The number of hydrogen-bond acceptors (Lipinski definition) is 3. The van der Waals surface area contributed by atoms with Gasteiger partial charge in [-0.1, -0.05) is 0 Å². The van der Waals surface area contributed by atoms with Crippen LogP contribution in [0.2, 0.25) is 0 Å². The lowest BCUT2D eigenvalue weighted by Crippen LogP contribution is -2.46. The summed E-state index contributed by atoms with van der Waals surface area (Å²) in [5, 5.41) is 10.7. The van der Waals surface area contributed by atoms with Gasteiger partial charge in [-0.15, -0.1) is 11.3 Å². The molecule has 1 aliphatic rings. The smallest absolute Gasteiger partial charge is 0.303 e. The van der Waals surface area contributed by atoms with E-state index in [9.17, 15) is 4.79 Å². The van der Waals surface area contributed by atoms with Crippen LogP contribution in [0, 0.1) is 5.92 Å². The quantitative estimate of drug-likeness (QED) is 0.925. The number of likely N-dealkylation sites (tertiary alicyclic amines) is 1. The Hall–Kier alpha value is -0.390. The summed E-state index contributed by atoms with van der Waals surface area (Å²) in [4.78, 5) is 12.7. The van der Waals surface area contributed by atoms with E-state index in [1.54, 1.807) is 11.3 Å². The van der Waals surface area contributed by atoms with E-state index in [1.165, 1.54) is 5.56 Å². The number of carboxylic acids is 1. The number of carboxylic acid groups (broad SMARTS) is 1. The van der Waals surface area contributed by atoms with Crippen molar-refractivity contribution in [1.29, 1.82) is 0 Å². The monoisotopic (exact) mass is 289 g/mol. The standard InChI is InChI=1S/C10H12BrNO2S/c11-9-1-8(6-15-9)5-12-3-7(4-12)2-10(13)14/h1,6-7H,2-5H2,(H,13,14). The Morgan fingerprint density at radius 1 is 1.67 bits per heavy atom. The molecule has 82 valence electrons. The lowest BCUT2D eigenvalue weighted by atomic mass is 9.96. The molecule has 0 aliphatic carbocycles. The summed E-state index contributed by atoms with van der Waals surface area (Å²) in [6, 6.07) is 2.12. The first-order valence-electron chi connectivity index (χ1n) is 4.80. The summed E-state index contributed by atoms with van der Waals surface area (Å²) in [6.45, 7) is 2.78. The van der Waals surface area contributed by atoms with Crippen LogP contribution < -0.4 is 0 Å². The Kier molecular flexibility index (Phi) is 3.43. The van der Waals surface area contributed by atoms with Gasteiger partial charge in [0.25, 0.3) is 0 Å². The fraction of sp³-hybridized carbons (Fsp3) is 0.500. The molecule has 0 atom stereocenters. The molecule has 1 aromatic heterocycles. The number of hydrogen-bond donors (Lipinski definition) is 1. The second kappa shape index (κ2) is 4.63. The van der Waals surface area contributed by atoms with Crippen molar-refractivity contribution in [3.05, 3.63) is 20.8 Å². The van der Waals surface area contributed by atoms with Gasteiger partial charge in [0.05, 0.1) is 10.2 Å². The van der Waals surface area contributed by atoms with Gasteiger partial charge < -0.3 is 5.11 Å². The van der Waals surface area contributed by atoms with Crippen LogP contribution in [0.3, 0.4) is 0 Å². The number of nitrogens with zero attached hydrogens (tertiary/aromatic N) is 1. The Bertz CT molecular complexity index is 360. The fourth-order valence-corrected chi connectivity index (χ4v) is 3.07. The highest BCUT2D eigenvalue weighted by Gasteiger charge is 2.28. The Balaban J connectivity index is 1.74. The normalized spacial score (nSPS) is 17.7. The van der Waals surface area contributed by atoms with Crippen LogP contribution in [0.1, 0.15) is 12.0 Å².